The Morgan fingerprint density at radius 1 is 1.12 bits per heavy atom. The summed E-state index contributed by atoms with van der Waals surface area (Å²) >= 11 is 5.99. The Labute approximate surface area is 146 Å². The first-order valence-electron chi connectivity index (χ1n) is 7.55. The lowest BCUT2D eigenvalue weighted by atomic mass is 10.2. The Morgan fingerprint density at radius 3 is 2.68 bits per heavy atom. The fourth-order valence-corrected chi connectivity index (χ4v) is 2.88. The van der Waals surface area contributed by atoms with Crippen molar-refractivity contribution >= 4 is 22.6 Å². The molecule has 0 atom stereocenters. The molecule has 124 valence electrons. The first-order chi connectivity index (χ1) is 12.1. The maximum atomic E-state index is 13.1. The van der Waals surface area contributed by atoms with Crippen LogP contribution in [-0.2, 0) is 6.54 Å². The number of halogens is 2. The van der Waals surface area contributed by atoms with E-state index in [1.807, 2.05) is 12.1 Å². The second-order valence-corrected chi connectivity index (χ2v) is 6.01. The number of hydrogen-bond donors (Lipinski definition) is 0. The monoisotopic (exact) mass is 354 g/mol. The van der Waals surface area contributed by atoms with Crippen molar-refractivity contribution in [3.63, 3.8) is 0 Å². The molecule has 0 aliphatic carbocycles. The third-order valence-electron chi connectivity index (χ3n) is 3.87. The van der Waals surface area contributed by atoms with Crippen molar-refractivity contribution in [2.75, 3.05) is 0 Å². The molecule has 0 aliphatic heterocycles. The second kappa shape index (κ2) is 6.14. The van der Waals surface area contributed by atoms with Gasteiger partial charge in [-0.05, 0) is 42.0 Å². The largest absolute Gasteiger partial charge is 0.294 e. The van der Waals surface area contributed by atoms with Crippen molar-refractivity contribution in [3.05, 3.63) is 87.8 Å². The molecule has 2 aromatic heterocycles. The van der Waals surface area contributed by atoms with Crippen LogP contribution in [0.25, 0.3) is 16.7 Å². The topological polar surface area (TPSA) is 52.7 Å². The summed E-state index contributed by atoms with van der Waals surface area (Å²) in [5.74, 6) is -0.336. The SMILES string of the molecule is O=c1c2cnn(-c3ccc(F)cc3)c2ncn1Cc1cccc(Cl)c1. The predicted molar refractivity (Wildman–Crippen MR) is 93.6 cm³/mol. The average Bonchev–Trinajstić information content (AvgIpc) is 3.03. The maximum absolute atomic E-state index is 13.1. The van der Waals surface area contributed by atoms with Crippen LogP contribution in [0.3, 0.4) is 0 Å². The Morgan fingerprint density at radius 2 is 1.92 bits per heavy atom. The zero-order valence-electron chi connectivity index (χ0n) is 12.9. The van der Waals surface area contributed by atoms with Gasteiger partial charge in [0.1, 0.15) is 17.5 Å². The van der Waals surface area contributed by atoms with Crippen LogP contribution in [0.1, 0.15) is 5.56 Å². The maximum Gasteiger partial charge on any atom is 0.264 e. The number of benzene rings is 2. The molecule has 5 nitrogen and oxygen atoms in total. The number of aromatic nitrogens is 4. The molecule has 0 fully saturated rings. The third-order valence-corrected chi connectivity index (χ3v) is 4.10. The van der Waals surface area contributed by atoms with Gasteiger partial charge in [-0.15, -0.1) is 0 Å². The van der Waals surface area contributed by atoms with Crippen LogP contribution in [0, 0.1) is 5.82 Å². The fourth-order valence-electron chi connectivity index (χ4n) is 2.66. The summed E-state index contributed by atoms with van der Waals surface area (Å²) < 4.78 is 16.1. The van der Waals surface area contributed by atoms with E-state index in [1.165, 1.54) is 33.9 Å². The molecule has 0 unspecified atom stereocenters. The standard InChI is InChI=1S/C18H12ClFN4O/c19-13-3-1-2-12(8-13)10-23-11-21-17-16(18(23)25)9-22-24(17)15-6-4-14(20)5-7-15/h1-9,11H,10H2. The van der Waals surface area contributed by atoms with Gasteiger partial charge in [0.05, 0.1) is 18.4 Å². The van der Waals surface area contributed by atoms with E-state index in [2.05, 4.69) is 10.1 Å². The van der Waals surface area contributed by atoms with Crippen molar-refractivity contribution in [1.82, 2.24) is 19.3 Å². The van der Waals surface area contributed by atoms with Gasteiger partial charge in [0.15, 0.2) is 5.65 Å². The summed E-state index contributed by atoms with van der Waals surface area (Å²) in [7, 11) is 0. The summed E-state index contributed by atoms with van der Waals surface area (Å²) in [6, 6.07) is 13.2. The van der Waals surface area contributed by atoms with Crippen LogP contribution in [0.2, 0.25) is 5.02 Å². The molecule has 4 aromatic rings. The van der Waals surface area contributed by atoms with Crippen molar-refractivity contribution < 1.29 is 4.39 Å². The van der Waals surface area contributed by atoms with Crippen LogP contribution in [0.5, 0.6) is 0 Å². The van der Waals surface area contributed by atoms with Gasteiger partial charge in [0.25, 0.3) is 5.56 Å². The van der Waals surface area contributed by atoms with Crippen LogP contribution in [0.4, 0.5) is 4.39 Å². The van der Waals surface area contributed by atoms with Gasteiger partial charge >= 0.3 is 0 Å². The van der Waals surface area contributed by atoms with Gasteiger partial charge < -0.3 is 0 Å². The zero-order valence-corrected chi connectivity index (χ0v) is 13.7. The Balaban J connectivity index is 1.77. The van der Waals surface area contributed by atoms with E-state index >= 15 is 0 Å². The first-order valence-corrected chi connectivity index (χ1v) is 7.93. The number of nitrogens with zero attached hydrogens (tertiary/aromatic N) is 4. The molecule has 25 heavy (non-hydrogen) atoms. The quantitative estimate of drug-likeness (QED) is 0.566. The number of hydrogen-bond acceptors (Lipinski definition) is 3. The van der Waals surface area contributed by atoms with E-state index in [0.717, 1.165) is 5.56 Å². The van der Waals surface area contributed by atoms with Gasteiger partial charge in [0.2, 0.25) is 0 Å². The highest BCUT2D eigenvalue weighted by Crippen LogP contribution is 2.15. The lowest BCUT2D eigenvalue weighted by Gasteiger charge is -2.07. The van der Waals surface area contributed by atoms with E-state index in [0.29, 0.717) is 28.3 Å². The normalized spacial score (nSPS) is 11.1. The van der Waals surface area contributed by atoms with Gasteiger partial charge in [0, 0.05) is 5.02 Å². The summed E-state index contributed by atoms with van der Waals surface area (Å²) in [4.78, 5) is 17.0. The highest BCUT2D eigenvalue weighted by molar-refractivity contribution is 6.30. The average molecular weight is 355 g/mol. The van der Waals surface area contributed by atoms with Crippen molar-refractivity contribution in [2.24, 2.45) is 0 Å². The molecule has 0 aliphatic rings. The Kier molecular flexibility index (Phi) is 3.82. The van der Waals surface area contributed by atoms with Crippen LogP contribution >= 0.6 is 11.6 Å². The summed E-state index contributed by atoms with van der Waals surface area (Å²) in [6.07, 6.45) is 2.95. The summed E-state index contributed by atoms with van der Waals surface area (Å²) in [6.45, 7) is 0.365. The number of rotatable bonds is 3. The molecule has 0 radical (unpaired) electrons. The van der Waals surface area contributed by atoms with Crippen LogP contribution in [-0.4, -0.2) is 19.3 Å². The van der Waals surface area contributed by atoms with E-state index in [9.17, 15) is 9.18 Å². The van der Waals surface area contributed by atoms with Gasteiger partial charge in [-0.1, -0.05) is 23.7 Å². The molecule has 0 spiro atoms. The van der Waals surface area contributed by atoms with Gasteiger partial charge in [-0.3, -0.25) is 9.36 Å². The van der Waals surface area contributed by atoms with E-state index < -0.39 is 0 Å². The molecule has 0 N–H and O–H groups in total. The van der Waals surface area contributed by atoms with E-state index in [4.69, 9.17) is 11.6 Å². The highest BCUT2D eigenvalue weighted by atomic mass is 35.5. The van der Waals surface area contributed by atoms with Crippen molar-refractivity contribution in [1.29, 1.82) is 0 Å². The summed E-state index contributed by atoms with van der Waals surface area (Å²) in [5.41, 5.74) is 1.77. The molecule has 2 aromatic carbocycles. The molecule has 0 bridgehead atoms. The third kappa shape index (κ3) is 2.92. The molecule has 2 heterocycles. The lowest BCUT2D eigenvalue weighted by Crippen LogP contribution is -2.21. The van der Waals surface area contributed by atoms with E-state index in [1.54, 1.807) is 24.3 Å². The summed E-state index contributed by atoms with van der Waals surface area (Å²) in [5, 5.41) is 5.23. The lowest BCUT2D eigenvalue weighted by molar-refractivity contribution is 0.627. The molecule has 4 rings (SSSR count). The molecule has 0 saturated carbocycles. The van der Waals surface area contributed by atoms with Crippen molar-refractivity contribution in [2.45, 2.75) is 6.54 Å². The Bertz CT molecular complexity index is 1120. The fraction of sp³-hybridized carbons (Fsp3) is 0.0556. The molecule has 0 amide bonds. The minimum absolute atomic E-state index is 0.196. The molecular weight excluding hydrogens is 343 g/mol. The zero-order chi connectivity index (χ0) is 17.4. The van der Waals surface area contributed by atoms with Crippen molar-refractivity contribution in [3.8, 4) is 5.69 Å². The van der Waals surface area contributed by atoms with Crippen LogP contribution in [0.15, 0.2) is 65.8 Å². The molecule has 7 heteroatoms. The van der Waals surface area contributed by atoms with Gasteiger partial charge in [-0.25, -0.2) is 14.1 Å². The van der Waals surface area contributed by atoms with Crippen LogP contribution < -0.4 is 5.56 Å². The molecular formula is C18H12ClFN4O. The minimum Gasteiger partial charge on any atom is -0.294 e. The second-order valence-electron chi connectivity index (χ2n) is 5.58. The molecule has 0 saturated heterocycles. The first kappa shape index (κ1) is 15.5. The Hall–Kier alpha value is -2.99. The van der Waals surface area contributed by atoms with Gasteiger partial charge in [-0.2, -0.15) is 5.10 Å². The number of fused-ring (bicyclic) bond motifs is 1. The smallest absolute Gasteiger partial charge is 0.264 e. The van der Waals surface area contributed by atoms with E-state index in [-0.39, 0.29) is 11.4 Å². The highest BCUT2D eigenvalue weighted by Gasteiger charge is 2.12. The minimum atomic E-state index is -0.336. The predicted octanol–water partition coefficient (Wildman–Crippen LogP) is 3.42.